The molecule has 0 spiro atoms. The molecule has 186 valence electrons. The molecule has 0 amide bonds. The Kier molecular flexibility index (Phi) is 5.68. The van der Waals surface area contributed by atoms with Gasteiger partial charge in [-0.25, -0.2) is 8.42 Å². The van der Waals surface area contributed by atoms with E-state index in [1.165, 1.54) is 22.6 Å². The minimum Gasteiger partial charge on any atom is -0.383 e. The van der Waals surface area contributed by atoms with E-state index in [9.17, 15) is 18.5 Å². The summed E-state index contributed by atoms with van der Waals surface area (Å²) in [6, 6.07) is 10.6. The summed E-state index contributed by atoms with van der Waals surface area (Å²) >= 11 is 6.34. The van der Waals surface area contributed by atoms with Crippen LogP contribution in [0.15, 0.2) is 46.2 Å². The molecule has 9 nitrogen and oxygen atoms in total. The van der Waals surface area contributed by atoms with Crippen LogP contribution in [-0.4, -0.2) is 63.2 Å². The van der Waals surface area contributed by atoms with Gasteiger partial charge in [-0.15, -0.1) is 0 Å². The molecule has 36 heavy (non-hydrogen) atoms. The second-order valence-corrected chi connectivity index (χ2v) is 11.6. The quantitative estimate of drug-likeness (QED) is 0.508. The number of anilines is 2. The predicted octanol–water partition coefficient (Wildman–Crippen LogP) is 2.69. The van der Waals surface area contributed by atoms with Crippen molar-refractivity contribution in [1.29, 1.82) is 5.26 Å². The number of fused-ring (bicyclic) bond motifs is 4. The van der Waals surface area contributed by atoms with Gasteiger partial charge in [0.2, 0.25) is 0 Å². The van der Waals surface area contributed by atoms with Crippen LogP contribution in [0.4, 0.5) is 11.4 Å². The fourth-order valence-corrected chi connectivity index (χ4v) is 7.65. The number of H-pyrrole nitrogens is 1. The molecule has 1 aromatic heterocycles. The summed E-state index contributed by atoms with van der Waals surface area (Å²) in [7, 11) is -4.06. The van der Waals surface area contributed by atoms with Crippen LogP contribution in [0.25, 0.3) is 10.8 Å². The highest BCUT2D eigenvalue weighted by atomic mass is 35.5. The first-order valence-electron chi connectivity index (χ1n) is 11.9. The Bertz CT molecular complexity index is 1580. The van der Waals surface area contributed by atoms with E-state index >= 15 is 0 Å². The molecule has 6 rings (SSSR count). The second kappa shape index (κ2) is 8.78. The van der Waals surface area contributed by atoms with Crippen LogP contribution < -0.4 is 15.2 Å². The van der Waals surface area contributed by atoms with Crippen molar-refractivity contribution in [3.05, 3.63) is 63.0 Å². The first-order valence-corrected chi connectivity index (χ1v) is 13.7. The van der Waals surface area contributed by atoms with E-state index in [2.05, 4.69) is 21.3 Å². The lowest BCUT2D eigenvalue weighted by atomic mass is 10.1. The van der Waals surface area contributed by atoms with E-state index in [4.69, 9.17) is 16.3 Å². The van der Waals surface area contributed by atoms with Gasteiger partial charge in [-0.2, -0.15) is 5.26 Å². The fraction of sp³-hybridized carbons (Fsp3) is 0.360. The van der Waals surface area contributed by atoms with Crippen LogP contribution in [0, 0.1) is 11.3 Å². The van der Waals surface area contributed by atoms with E-state index in [1.54, 1.807) is 18.2 Å². The number of rotatable bonds is 6. The number of halogens is 1. The van der Waals surface area contributed by atoms with Gasteiger partial charge in [0.1, 0.15) is 0 Å². The lowest BCUT2D eigenvalue weighted by Gasteiger charge is -2.27. The molecule has 3 aliphatic rings. The summed E-state index contributed by atoms with van der Waals surface area (Å²) in [5.74, 6) is 0. The van der Waals surface area contributed by atoms with Crippen molar-refractivity contribution in [3.8, 4) is 6.07 Å². The number of ether oxygens (including phenoxy) is 1. The minimum atomic E-state index is -4.06. The number of morpholine rings is 1. The smallest absolute Gasteiger partial charge is 0.265 e. The molecule has 0 radical (unpaired) electrons. The maximum Gasteiger partial charge on any atom is 0.265 e. The topological polar surface area (TPSA) is 119 Å². The van der Waals surface area contributed by atoms with Crippen molar-refractivity contribution in [2.75, 3.05) is 42.4 Å². The van der Waals surface area contributed by atoms with E-state index in [0.717, 1.165) is 37.4 Å². The Morgan fingerprint density at radius 1 is 1.31 bits per heavy atom. The number of pyridine rings is 1. The number of aromatic nitrogens is 1. The van der Waals surface area contributed by atoms with E-state index in [1.807, 2.05) is 0 Å². The summed E-state index contributed by atoms with van der Waals surface area (Å²) in [6.45, 7) is 3.47. The molecule has 4 heterocycles. The van der Waals surface area contributed by atoms with Crippen LogP contribution in [0.5, 0.6) is 0 Å². The third kappa shape index (κ3) is 3.74. The highest BCUT2D eigenvalue weighted by Gasteiger charge is 2.38. The Balaban J connectivity index is 1.33. The Hall–Kier alpha value is -3.10. The zero-order valence-electron chi connectivity index (χ0n) is 19.3. The third-order valence-electron chi connectivity index (χ3n) is 7.33. The van der Waals surface area contributed by atoms with Crippen LogP contribution in [0.1, 0.15) is 17.5 Å². The number of aromatic amines is 1. The van der Waals surface area contributed by atoms with Gasteiger partial charge in [-0.1, -0.05) is 17.7 Å². The number of hydrogen-bond acceptors (Lipinski definition) is 7. The fourth-order valence-electron chi connectivity index (χ4n) is 5.61. The normalized spacial score (nSPS) is 21.2. The SMILES string of the molecule is N#Cc1cc(NCCN2C[C@H]3C[C@H]2CO3)c2c(c1)N(S(=O)(=O)c1cccc3c(=O)[nH]cc(Cl)c13)CC2. The molecular weight excluding hydrogens is 502 g/mol. The number of hydrogen-bond donors (Lipinski definition) is 2. The molecule has 2 fully saturated rings. The Morgan fingerprint density at radius 2 is 2.17 bits per heavy atom. The molecule has 0 saturated carbocycles. The maximum absolute atomic E-state index is 13.9. The molecular formula is C25H24ClN5O4S. The third-order valence-corrected chi connectivity index (χ3v) is 9.48. The maximum atomic E-state index is 13.9. The van der Waals surface area contributed by atoms with Crippen molar-refractivity contribution < 1.29 is 13.2 Å². The summed E-state index contributed by atoms with van der Waals surface area (Å²) in [5.41, 5.74) is 2.06. The standard InChI is InChI=1S/C25H24ClN5O4S/c26-20-12-29-25(32)19-2-1-3-23(24(19)20)36(33,34)31-6-4-18-21(8-15(11-27)9-22(18)31)28-5-7-30-13-17-10-16(30)14-35-17/h1-3,8-9,12,16-17,28H,4-7,10,13-14H2,(H,29,32)/t16-,17+/m0/s1. The summed E-state index contributed by atoms with van der Waals surface area (Å²) in [4.78, 5) is 17.2. The highest BCUT2D eigenvalue weighted by molar-refractivity contribution is 7.93. The molecule has 2 bridgehead atoms. The number of nitriles is 1. The van der Waals surface area contributed by atoms with Gasteiger partial charge < -0.3 is 15.0 Å². The molecule has 3 aliphatic heterocycles. The van der Waals surface area contributed by atoms with Crippen molar-refractivity contribution in [2.24, 2.45) is 0 Å². The predicted molar refractivity (Wildman–Crippen MR) is 137 cm³/mol. The largest absolute Gasteiger partial charge is 0.383 e. The van der Waals surface area contributed by atoms with Crippen molar-refractivity contribution >= 4 is 43.8 Å². The first-order chi connectivity index (χ1) is 17.4. The number of nitrogens with zero attached hydrogens (tertiary/aromatic N) is 3. The zero-order chi connectivity index (χ0) is 25.0. The molecule has 3 aromatic rings. The summed E-state index contributed by atoms with van der Waals surface area (Å²) < 4.78 is 34.7. The van der Waals surface area contributed by atoms with Gasteiger partial charge in [0.05, 0.1) is 39.9 Å². The lowest BCUT2D eigenvalue weighted by Crippen LogP contribution is -2.39. The van der Waals surface area contributed by atoms with Crippen LogP contribution in [-0.2, 0) is 21.2 Å². The monoisotopic (exact) mass is 525 g/mol. The van der Waals surface area contributed by atoms with Crippen LogP contribution >= 0.6 is 11.6 Å². The number of likely N-dealkylation sites (tertiary alicyclic amines) is 1. The average Bonchev–Trinajstić information content (AvgIpc) is 3.62. The summed E-state index contributed by atoms with van der Waals surface area (Å²) in [5, 5.41) is 13.6. The Labute approximate surface area is 213 Å². The zero-order valence-corrected chi connectivity index (χ0v) is 20.9. The van der Waals surface area contributed by atoms with E-state index in [-0.39, 0.29) is 27.2 Å². The highest BCUT2D eigenvalue weighted by Crippen LogP contribution is 2.40. The number of benzene rings is 2. The molecule has 2 saturated heterocycles. The van der Waals surface area contributed by atoms with E-state index in [0.29, 0.717) is 36.4 Å². The lowest BCUT2D eigenvalue weighted by molar-refractivity contribution is 0.0324. The second-order valence-electron chi connectivity index (χ2n) is 9.37. The van der Waals surface area contributed by atoms with Gasteiger partial charge >= 0.3 is 0 Å². The molecule has 2 atom stereocenters. The van der Waals surface area contributed by atoms with Gasteiger partial charge in [0.15, 0.2) is 0 Å². The van der Waals surface area contributed by atoms with Gasteiger partial charge in [0, 0.05) is 60.4 Å². The van der Waals surface area contributed by atoms with Crippen molar-refractivity contribution in [1.82, 2.24) is 9.88 Å². The molecule has 11 heteroatoms. The van der Waals surface area contributed by atoms with Gasteiger partial charge in [0.25, 0.3) is 15.6 Å². The van der Waals surface area contributed by atoms with Crippen LogP contribution in [0.3, 0.4) is 0 Å². The first kappa shape index (κ1) is 23.3. The van der Waals surface area contributed by atoms with Crippen LogP contribution in [0.2, 0.25) is 5.02 Å². The van der Waals surface area contributed by atoms with E-state index < -0.39 is 15.6 Å². The van der Waals surface area contributed by atoms with Crippen molar-refractivity contribution in [2.45, 2.75) is 29.9 Å². The number of sulfonamides is 1. The average molecular weight is 526 g/mol. The Morgan fingerprint density at radius 3 is 2.92 bits per heavy atom. The van der Waals surface area contributed by atoms with Gasteiger partial charge in [-0.3, -0.25) is 14.0 Å². The molecule has 2 aromatic carbocycles. The molecule has 0 aliphatic carbocycles. The molecule has 0 unspecified atom stereocenters. The summed E-state index contributed by atoms with van der Waals surface area (Å²) in [6.07, 6.45) is 3.22. The minimum absolute atomic E-state index is 0.0351. The van der Waals surface area contributed by atoms with Gasteiger partial charge in [-0.05, 0) is 37.1 Å². The molecule has 2 N–H and O–H groups in total. The van der Waals surface area contributed by atoms with Crippen molar-refractivity contribution in [3.63, 3.8) is 0 Å². The number of nitrogens with one attached hydrogen (secondary N) is 2.